The zero-order valence-electron chi connectivity index (χ0n) is 17.5. The number of nitrogens with one attached hydrogen (secondary N) is 2. The summed E-state index contributed by atoms with van der Waals surface area (Å²) in [4.78, 5) is 17.3. The number of aromatic nitrogens is 1. The lowest BCUT2D eigenvalue weighted by molar-refractivity contribution is 0.0635. The molecule has 2 N–H and O–H groups in total. The SMILES string of the molecule is CC(C)(C)OC(=O)Nc1cc(CNSc2ccc(C3CCCCC3)cc2)ccn1. The highest BCUT2D eigenvalue weighted by Gasteiger charge is 2.17. The summed E-state index contributed by atoms with van der Waals surface area (Å²) in [6, 6.07) is 12.7. The van der Waals surface area contributed by atoms with Gasteiger partial charge < -0.3 is 4.74 Å². The minimum absolute atomic E-state index is 0.486. The van der Waals surface area contributed by atoms with E-state index in [-0.39, 0.29) is 0 Å². The van der Waals surface area contributed by atoms with E-state index in [0.29, 0.717) is 12.4 Å². The molecule has 1 fully saturated rings. The summed E-state index contributed by atoms with van der Waals surface area (Å²) < 4.78 is 8.64. The number of hydrogen-bond acceptors (Lipinski definition) is 5. The average molecular weight is 414 g/mol. The maximum Gasteiger partial charge on any atom is 0.413 e. The van der Waals surface area contributed by atoms with Crippen LogP contribution in [0.15, 0.2) is 47.5 Å². The van der Waals surface area contributed by atoms with Gasteiger partial charge in [-0.3, -0.25) is 10.0 Å². The molecule has 1 saturated carbocycles. The van der Waals surface area contributed by atoms with Crippen molar-refractivity contribution in [3.05, 3.63) is 53.7 Å². The summed E-state index contributed by atoms with van der Waals surface area (Å²) in [5.74, 6) is 1.23. The van der Waals surface area contributed by atoms with E-state index in [9.17, 15) is 4.79 Å². The van der Waals surface area contributed by atoms with Gasteiger partial charge in [0, 0.05) is 17.6 Å². The summed E-state index contributed by atoms with van der Waals surface area (Å²) in [5, 5.41) is 2.68. The normalized spacial score (nSPS) is 15.1. The molecule has 1 amide bonds. The van der Waals surface area contributed by atoms with Gasteiger partial charge in [0.15, 0.2) is 0 Å². The van der Waals surface area contributed by atoms with Crippen LogP contribution in [0.4, 0.5) is 10.6 Å². The molecule has 2 aromatic rings. The molecule has 0 aliphatic heterocycles. The molecule has 3 rings (SSSR count). The topological polar surface area (TPSA) is 63.2 Å². The van der Waals surface area contributed by atoms with Crippen LogP contribution in [0.3, 0.4) is 0 Å². The standard InChI is InChI=1S/C23H31N3O2S/c1-23(2,3)28-22(27)26-21-15-17(13-14-24-21)16-25-29-20-11-9-19(10-12-20)18-7-5-4-6-8-18/h9-15,18,25H,4-8,16H2,1-3H3,(H,24,26,27). The molecule has 1 aromatic heterocycles. The average Bonchev–Trinajstić information content (AvgIpc) is 2.68. The minimum Gasteiger partial charge on any atom is -0.444 e. The first-order valence-electron chi connectivity index (χ1n) is 10.3. The van der Waals surface area contributed by atoms with Gasteiger partial charge in [-0.2, -0.15) is 0 Å². The second-order valence-electron chi connectivity index (χ2n) is 8.50. The lowest BCUT2D eigenvalue weighted by Gasteiger charge is -2.22. The second-order valence-corrected chi connectivity index (χ2v) is 9.47. The van der Waals surface area contributed by atoms with E-state index in [1.165, 1.54) is 42.6 Å². The van der Waals surface area contributed by atoms with Crippen LogP contribution < -0.4 is 10.0 Å². The summed E-state index contributed by atoms with van der Waals surface area (Å²) in [5.41, 5.74) is 1.98. The Hall–Kier alpha value is -2.05. The van der Waals surface area contributed by atoms with Crippen LogP contribution in [0.5, 0.6) is 0 Å². The third kappa shape index (κ3) is 7.37. The zero-order chi connectivity index (χ0) is 20.7. The fourth-order valence-corrected chi connectivity index (χ4v) is 4.19. The predicted octanol–water partition coefficient (Wildman–Crippen LogP) is 6.27. The Kier molecular flexibility index (Phi) is 7.56. The molecule has 29 heavy (non-hydrogen) atoms. The van der Waals surface area contributed by atoms with Crippen LogP contribution in [0.1, 0.15) is 69.9 Å². The molecule has 5 nitrogen and oxygen atoms in total. The van der Waals surface area contributed by atoms with Crippen molar-refractivity contribution in [2.75, 3.05) is 5.32 Å². The van der Waals surface area contributed by atoms with Crippen molar-refractivity contribution >= 4 is 23.9 Å². The Morgan fingerprint density at radius 2 is 1.86 bits per heavy atom. The van der Waals surface area contributed by atoms with Gasteiger partial charge in [-0.05, 0) is 86.9 Å². The molecule has 0 radical (unpaired) electrons. The smallest absolute Gasteiger partial charge is 0.413 e. The monoisotopic (exact) mass is 413 g/mol. The van der Waals surface area contributed by atoms with Gasteiger partial charge in [0.1, 0.15) is 11.4 Å². The first-order valence-corrected chi connectivity index (χ1v) is 11.2. The van der Waals surface area contributed by atoms with Crippen molar-refractivity contribution in [2.45, 2.75) is 75.8 Å². The fraction of sp³-hybridized carbons (Fsp3) is 0.478. The van der Waals surface area contributed by atoms with Gasteiger partial charge in [0.25, 0.3) is 0 Å². The molecule has 0 spiro atoms. The highest BCUT2D eigenvalue weighted by Crippen LogP contribution is 2.33. The molecule has 1 aliphatic carbocycles. The van der Waals surface area contributed by atoms with Crippen molar-refractivity contribution in [3.8, 4) is 0 Å². The number of anilines is 1. The number of carbonyl (C=O) groups excluding carboxylic acids is 1. The molecular weight excluding hydrogens is 382 g/mol. The van der Waals surface area contributed by atoms with E-state index in [2.05, 4.69) is 39.3 Å². The zero-order valence-corrected chi connectivity index (χ0v) is 18.3. The molecule has 0 bridgehead atoms. The second kappa shape index (κ2) is 10.1. The molecule has 6 heteroatoms. The molecule has 0 unspecified atom stereocenters. The molecule has 0 atom stereocenters. The number of carbonyl (C=O) groups is 1. The van der Waals surface area contributed by atoms with Gasteiger partial charge in [0.05, 0.1) is 0 Å². The third-order valence-electron chi connectivity index (χ3n) is 4.88. The fourth-order valence-electron chi connectivity index (χ4n) is 3.51. The summed E-state index contributed by atoms with van der Waals surface area (Å²) in [6.07, 6.45) is 7.95. The Morgan fingerprint density at radius 3 is 2.55 bits per heavy atom. The molecular formula is C23H31N3O2S. The van der Waals surface area contributed by atoms with E-state index in [1.54, 1.807) is 18.1 Å². The van der Waals surface area contributed by atoms with Gasteiger partial charge in [0.2, 0.25) is 0 Å². The first kappa shape index (κ1) is 21.7. The molecule has 0 saturated heterocycles. The maximum atomic E-state index is 11.9. The van der Waals surface area contributed by atoms with Crippen LogP contribution >= 0.6 is 11.9 Å². The molecule has 1 aromatic carbocycles. The Labute approximate surface area is 178 Å². The lowest BCUT2D eigenvalue weighted by atomic mass is 9.84. The van der Waals surface area contributed by atoms with Crippen LogP contribution in [-0.4, -0.2) is 16.7 Å². The highest BCUT2D eigenvalue weighted by molar-refractivity contribution is 7.97. The van der Waals surface area contributed by atoms with Crippen molar-refractivity contribution in [1.82, 2.24) is 9.71 Å². The summed E-state index contributed by atoms with van der Waals surface area (Å²) in [6.45, 7) is 6.17. The van der Waals surface area contributed by atoms with Gasteiger partial charge in [-0.25, -0.2) is 9.78 Å². The number of amides is 1. The Balaban J connectivity index is 1.47. The predicted molar refractivity (Wildman–Crippen MR) is 119 cm³/mol. The van der Waals surface area contributed by atoms with E-state index >= 15 is 0 Å². The van der Waals surface area contributed by atoms with Gasteiger partial charge in [-0.15, -0.1) is 0 Å². The van der Waals surface area contributed by atoms with Crippen molar-refractivity contribution in [1.29, 1.82) is 0 Å². The van der Waals surface area contributed by atoms with Crippen LogP contribution in [0, 0.1) is 0 Å². The molecule has 1 aliphatic rings. The van der Waals surface area contributed by atoms with E-state index < -0.39 is 11.7 Å². The van der Waals surface area contributed by atoms with E-state index in [0.717, 1.165) is 11.5 Å². The summed E-state index contributed by atoms with van der Waals surface area (Å²) >= 11 is 1.62. The molecule has 156 valence electrons. The number of hydrogen-bond donors (Lipinski definition) is 2. The van der Waals surface area contributed by atoms with E-state index in [4.69, 9.17) is 4.74 Å². The van der Waals surface area contributed by atoms with Crippen LogP contribution in [-0.2, 0) is 11.3 Å². The third-order valence-corrected chi connectivity index (χ3v) is 5.67. The minimum atomic E-state index is -0.535. The number of nitrogens with zero attached hydrogens (tertiary/aromatic N) is 1. The highest BCUT2D eigenvalue weighted by atomic mass is 32.2. The Morgan fingerprint density at radius 1 is 1.14 bits per heavy atom. The number of pyridine rings is 1. The van der Waals surface area contributed by atoms with Crippen molar-refractivity contribution in [3.63, 3.8) is 0 Å². The van der Waals surface area contributed by atoms with Crippen LogP contribution in [0.25, 0.3) is 0 Å². The van der Waals surface area contributed by atoms with Crippen molar-refractivity contribution < 1.29 is 9.53 Å². The van der Waals surface area contributed by atoms with Gasteiger partial charge >= 0.3 is 6.09 Å². The molecule has 1 heterocycles. The van der Waals surface area contributed by atoms with Crippen LogP contribution in [0.2, 0.25) is 0 Å². The number of rotatable bonds is 6. The van der Waals surface area contributed by atoms with Crippen molar-refractivity contribution in [2.24, 2.45) is 0 Å². The lowest BCUT2D eigenvalue weighted by Crippen LogP contribution is -2.27. The summed E-state index contributed by atoms with van der Waals surface area (Å²) in [7, 11) is 0. The maximum absolute atomic E-state index is 11.9. The number of ether oxygens (including phenoxy) is 1. The quantitative estimate of drug-likeness (QED) is 0.546. The Bertz CT molecular complexity index is 797. The van der Waals surface area contributed by atoms with E-state index in [1.807, 2.05) is 32.9 Å². The number of benzene rings is 1. The largest absolute Gasteiger partial charge is 0.444 e. The first-order chi connectivity index (χ1) is 13.9. The van der Waals surface area contributed by atoms with Gasteiger partial charge in [-0.1, -0.05) is 31.4 Å².